The Kier molecular flexibility index (Phi) is 4.97. The van der Waals surface area contributed by atoms with Gasteiger partial charge in [-0.2, -0.15) is 13.1 Å². The van der Waals surface area contributed by atoms with Crippen LogP contribution in [0.2, 0.25) is 0 Å². The summed E-state index contributed by atoms with van der Waals surface area (Å²) in [6.45, 7) is 3.01. The highest BCUT2D eigenvalue weighted by Crippen LogP contribution is 1.89. The second kappa shape index (κ2) is 5.47. The van der Waals surface area contributed by atoms with Gasteiger partial charge < -0.3 is 4.74 Å². The molecule has 0 unspecified atom stereocenters. The molecule has 14 heavy (non-hydrogen) atoms. The van der Waals surface area contributed by atoms with E-state index in [1.807, 2.05) is 4.72 Å². The first kappa shape index (κ1) is 12.7. The molecule has 1 amide bonds. The maximum Gasteiger partial charge on any atom is 0.422 e. The van der Waals surface area contributed by atoms with Crippen molar-refractivity contribution in [3.8, 4) is 12.3 Å². The van der Waals surface area contributed by atoms with Crippen LogP contribution in [0, 0.1) is 12.3 Å². The minimum absolute atomic E-state index is 0.190. The van der Waals surface area contributed by atoms with Crippen LogP contribution in [0.25, 0.3) is 0 Å². The van der Waals surface area contributed by atoms with Gasteiger partial charge in [0.15, 0.2) is 0 Å². The number of nitrogens with one attached hydrogen (secondary N) is 2. The fourth-order valence-electron chi connectivity index (χ4n) is 0.521. The monoisotopic (exact) mass is 220 g/mol. The molecule has 7 heteroatoms. The number of hydrogen-bond acceptors (Lipinski definition) is 4. The van der Waals surface area contributed by atoms with Gasteiger partial charge in [0.05, 0.1) is 12.6 Å². The SMILES string of the molecule is C#CCNS(=O)(=O)NC(=O)OC(C)C. The Hall–Kier alpha value is -1.26. The van der Waals surface area contributed by atoms with Crippen molar-refractivity contribution in [2.45, 2.75) is 20.0 Å². The summed E-state index contributed by atoms with van der Waals surface area (Å²) in [6, 6.07) is 0. The fourth-order valence-corrected chi connectivity index (χ4v) is 1.13. The van der Waals surface area contributed by atoms with Crippen molar-refractivity contribution in [3.63, 3.8) is 0 Å². The summed E-state index contributed by atoms with van der Waals surface area (Å²) in [4.78, 5) is 10.8. The third kappa shape index (κ3) is 6.28. The number of rotatable bonds is 4. The second-order valence-electron chi connectivity index (χ2n) is 2.58. The number of ether oxygens (including phenoxy) is 1. The van der Waals surface area contributed by atoms with Crippen molar-refractivity contribution < 1.29 is 17.9 Å². The Bertz CT molecular complexity index is 328. The van der Waals surface area contributed by atoms with Crippen LogP contribution in [0.4, 0.5) is 4.79 Å². The van der Waals surface area contributed by atoms with E-state index in [0.29, 0.717) is 0 Å². The third-order valence-corrected chi connectivity index (χ3v) is 1.88. The van der Waals surface area contributed by atoms with E-state index in [9.17, 15) is 13.2 Å². The molecule has 80 valence electrons. The standard InChI is InChI=1S/C7H12N2O4S/c1-4-5-8-14(11,12)9-7(10)13-6(2)3/h1,6,8H,5H2,2-3H3,(H,9,10). The van der Waals surface area contributed by atoms with E-state index >= 15 is 0 Å². The van der Waals surface area contributed by atoms with Crippen LogP contribution >= 0.6 is 0 Å². The summed E-state index contributed by atoms with van der Waals surface area (Å²) < 4.78 is 30.0. The minimum Gasteiger partial charge on any atom is -0.446 e. The average Bonchev–Trinajstić information content (AvgIpc) is 1.98. The summed E-state index contributed by atoms with van der Waals surface area (Å²) in [5, 5.41) is 0. The van der Waals surface area contributed by atoms with Crippen molar-refractivity contribution >= 4 is 16.3 Å². The van der Waals surface area contributed by atoms with Gasteiger partial charge in [-0.05, 0) is 13.8 Å². The zero-order chi connectivity index (χ0) is 11.2. The average molecular weight is 220 g/mol. The Morgan fingerprint density at radius 3 is 2.57 bits per heavy atom. The molecule has 0 aliphatic rings. The van der Waals surface area contributed by atoms with Gasteiger partial charge in [-0.1, -0.05) is 5.92 Å². The van der Waals surface area contributed by atoms with Crippen LogP contribution in [0.5, 0.6) is 0 Å². The normalized spacial score (nSPS) is 10.7. The molecule has 0 aliphatic carbocycles. The second-order valence-corrected chi connectivity index (χ2v) is 4.08. The fraction of sp³-hybridized carbons (Fsp3) is 0.571. The van der Waals surface area contributed by atoms with Crippen LogP contribution in [-0.2, 0) is 14.9 Å². The molecule has 0 spiro atoms. The van der Waals surface area contributed by atoms with Gasteiger partial charge in [-0.25, -0.2) is 9.52 Å². The molecule has 0 heterocycles. The zero-order valence-corrected chi connectivity index (χ0v) is 8.72. The molecule has 6 nitrogen and oxygen atoms in total. The number of hydrogen-bond donors (Lipinski definition) is 2. The van der Waals surface area contributed by atoms with Gasteiger partial charge in [-0.3, -0.25) is 0 Å². The number of carbonyl (C=O) groups excluding carboxylic acids is 1. The van der Waals surface area contributed by atoms with Crippen LogP contribution in [-0.4, -0.2) is 27.2 Å². The molecule has 0 saturated heterocycles. The molecule has 2 N–H and O–H groups in total. The lowest BCUT2D eigenvalue weighted by molar-refractivity contribution is 0.121. The molecule has 0 aromatic heterocycles. The van der Waals surface area contributed by atoms with Crippen molar-refractivity contribution in [2.75, 3.05) is 6.54 Å². The molecule has 0 fully saturated rings. The summed E-state index contributed by atoms with van der Waals surface area (Å²) >= 11 is 0. The van der Waals surface area contributed by atoms with E-state index in [1.54, 1.807) is 18.6 Å². The van der Waals surface area contributed by atoms with Crippen LogP contribution < -0.4 is 9.44 Å². The molecule has 0 aromatic carbocycles. The Labute approximate surface area is 83.2 Å². The zero-order valence-electron chi connectivity index (χ0n) is 7.90. The predicted molar refractivity (Wildman–Crippen MR) is 50.5 cm³/mol. The molecule has 0 aromatic rings. The summed E-state index contributed by atoms with van der Waals surface area (Å²) in [6.07, 6.45) is 3.40. The number of terminal acetylenes is 1. The predicted octanol–water partition coefficient (Wildman–Crippen LogP) is -0.411. The van der Waals surface area contributed by atoms with E-state index in [-0.39, 0.29) is 6.54 Å². The summed E-state index contributed by atoms with van der Waals surface area (Å²) in [5.74, 6) is 2.06. The largest absolute Gasteiger partial charge is 0.446 e. The van der Waals surface area contributed by atoms with Gasteiger partial charge in [0.25, 0.3) is 0 Å². The van der Waals surface area contributed by atoms with Crippen molar-refractivity contribution in [3.05, 3.63) is 0 Å². The van der Waals surface area contributed by atoms with E-state index in [0.717, 1.165) is 0 Å². The summed E-state index contributed by atoms with van der Waals surface area (Å²) in [7, 11) is -3.91. The molecule has 0 rings (SSSR count). The van der Waals surface area contributed by atoms with E-state index in [4.69, 9.17) is 6.42 Å². The van der Waals surface area contributed by atoms with Crippen molar-refractivity contribution in [2.24, 2.45) is 0 Å². The quantitative estimate of drug-likeness (QED) is 0.631. The third-order valence-electron chi connectivity index (χ3n) is 0.925. The van der Waals surface area contributed by atoms with Crippen LogP contribution in [0.3, 0.4) is 0 Å². The number of amides is 1. The topological polar surface area (TPSA) is 84.5 Å². The highest BCUT2D eigenvalue weighted by atomic mass is 32.2. The maximum absolute atomic E-state index is 11.0. The number of carbonyl (C=O) groups is 1. The van der Waals surface area contributed by atoms with E-state index < -0.39 is 22.4 Å². The first-order chi connectivity index (χ1) is 6.37. The smallest absolute Gasteiger partial charge is 0.422 e. The molecule has 0 aliphatic heterocycles. The molecule has 0 saturated carbocycles. The van der Waals surface area contributed by atoms with Crippen molar-refractivity contribution in [1.82, 2.24) is 9.44 Å². The first-order valence-electron chi connectivity index (χ1n) is 3.79. The van der Waals surface area contributed by atoms with Gasteiger partial charge in [0.2, 0.25) is 0 Å². The lowest BCUT2D eigenvalue weighted by Gasteiger charge is -2.09. The lowest BCUT2D eigenvalue weighted by atomic mass is 10.5. The molecule has 0 radical (unpaired) electrons. The van der Waals surface area contributed by atoms with Gasteiger partial charge in [-0.15, -0.1) is 6.42 Å². The van der Waals surface area contributed by atoms with Crippen molar-refractivity contribution in [1.29, 1.82) is 0 Å². The highest BCUT2D eigenvalue weighted by molar-refractivity contribution is 7.88. The highest BCUT2D eigenvalue weighted by Gasteiger charge is 2.14. The molecule has 0 bridgehead atoms. The maximum atomic E-state index is 11.0. The van der Waals surface area contributed by atoms with Gasteiger partial charge >= 0.3 is 16.3 Å². The van der Waals surface area contributed by atoms with E-state index in [2.05, 4.69) is 10.7 Å². The van der Waals surface area contributed by atoms with Gasteiger partial charge in [0, 0.05) is 0 Å². The minimum atomic E-state index is -3.91. The lowest BCUT2D eigenvalue weighted by Crippen LogP contribution is -2.41. The molecular weight excluding hydrogens is 208 g/mol. The van der Waals surface area contributed by atoms with Crippen LogP contribution in [0.1, 0.15) is 13.8 Å². The molecule has 0 atom stereocenters. The Morgan fingerprint density at radius 1 is 1.57 bits per heavy atom. The molecular formula is C7H12N2O4S. The summed E-state index contributed by atoms with van der Waals surface area (Å²) in [5.41, 5.74) is 0. The Balaban J connectivity index is 4.11. The Morgan fingerprint density at radius 2 is 2.14 bits per heavy atom. The van der Waals surface area contributed by atoms with Crippen LogP contribution in [0.15, 0.2) is 0 Å². The van der Waals surface area contributed by atoms with Gasteiger partial charge in [0.1, 0.15) is 0 Å². The van der Waals surface area contributed by atoms with E-state index in [1.165, 1.54) is 0 Å². The first-order valence-corrected chi connectivity index (χ1v) is 5.27.